The fourth-order valence-electron chi connectivity index (χ4n) is 5.94. The van der Waals surface area contributed by atoms with Gasteiger partial charge in [0.25, 0.3) is 0 Å². The standard InChI is InChI=1S/C32H35FN4O4.C4H10O/c1-20-15-25(33)30-23-8-6-7-22(17-23)26-19-28-34-21(2)24(18-29(38)39)31(37(28)35-26)36-11-9-32(3,10-12-36)41-14-5-4-13-40-27(30)16-20;1-4(2,3)5/h6-8,15-17,19H,4-5,9-14,18H2,1-3H3,(H,38,39);5H,1-3H3. The van der Waals surface area contributed by atoms with Crippen molar-refractivity contribution in [1.29, 1.82) is 0 Å². The Kier molecular flexibility index (Phi) is 9.70. The van der Waals surface area contributed by atoms with Gasteiger partial charge in [0.2, 0.25) is 0 Å². The van der Waals surface area contributed by atoms with Crippen LogP contribution in [0.25, 0.3) is 28.0 Å². The van der Waals surface area contributed by atoms with Crippen molar-refractivity contribution >= 4 is 17.4 Å². The lowest BCUT2D eigenvalue weighted by Gasteiger charge is -2.40. The lowest BCUT2D eigenvalue weighted by atomic mass is 9.93. The number of nitrogens with zero attached hydrogens (tertiary/aromatic N) is 4. The van der Waals surface area contributed by atoms with Gasteiger partial charge in [-0.1, -0.05) is 18.2 Å². The Labute approximate surface area is 270 Å². The summed E-state index contributed by atoms with van der Waals surface area (Å²) in [5, 5.41) is 23.2. The second kappa shape index (κ2) is 13.4. The molecule has 10 heteroatoms. The van der Waals surface area contributed by atoms with Crippen LogP contribution < -0.4 is 9.64 Å². The monoisotopic (exact) mass is 632 g/mol. The number of rotatable bonds is 2. The zero-order valence-electron chi connectivity index (χ0n) is 27.7. The van der Waals surface area contributed by atoms with Gasteiger partial charge in [-0.25, -0.2) is 9.37 Å². The van der Waals surface area contributed by atoms with Crippen molar-refractivity contribution in [3.05, 3.63) is 65.1 Å². The van der Waals surface area contributed by atoms with Crippen LogP contribution in [0.1, 0.15) is 70.2 Å². The van der Waals surface area contributed by atoms with Gasteiger partial charge in [0.1, 0.15) is 17.4 Å². The first-order chi connectivity index (χ1) is 21.7. The van der Waals surface area contributed by atoms with Crippen molar-refractivity contribution in [2.75, 3.05) is 31.2 Å². The Morgan fingerprint density at radius 3 is 2.41 bits per heavy atom. The summed E-state index contributed by atoms with van der Waals surface area (Å²) < 4.78 is 29.7. The number of carboxylic acid groups (broad SMARTS) is 1. The molecule has 0 spiro atoms. The molecule has 0 amide bonds. The third-order valence-electron chi connectivity index (χ3n) is 8.22. The van der Waals surface area contributed by atoms with Crippen LogP contribution in [-0.2, 0) is 16.0 Å². The summed E-state index contributed by atoms with van der Waals surface area (Å²) in [4.78, 5) is 18.8. The fraction of sp³-hybridized carbons (Fsp3) is 0.472. The second-order valence-corrected chi connectivity index (χ2v) is 13.6. The first-order valence-electron chi connectivity index (χ1n) is 16.0. The van der Waals surface area contributed by atoms with Crippen LogP contribution in [0.2, 0.25) is 0 Å². The zero-order valence-corrected chi connectivity index (χ0v) is 27.7. The summed E-state index contributed by atoms with van der Waals surface area (Å²) in [6.45, 7) is 13.6. The van der Waals surface area contributed by atoms with E-state index in [4.69, 9.17) is 24.7 Å². The van der Waals surface area contributed by atoms with E-state index in [0.29, 0.717) is 65.8 Å². The number of benzene rings is 2. The molecular formula is C36H45FN4O5. The van der Waals surface area contributed by atoms with E-state index >= 15 is 4.39 Å². The van der Waals surface area contributed by atoms with Crippen molar-refractivity contribution in [3.8, 4) is 28.1 Å². The Morgan fingerprint density at radius 2 is 1.72 bits per heavy atom. The third-order valence-corrected chi connectivity index (χ3v) is 8.22. The molecule has 246 valence electrons. The minimum Gasteiger partial charge on any atom is -0.493 e. The van der Waals surface area contributed by atoms with Gasteiger partial charge in [-0.15, -0.1) is 0 Å². The van der Waals surface area contributed by atoms with Crippen LogP contribution in [0.15, 0.2) is 42.5 Å². The average Bonchev–Trinajstić information content (AvgIpc) is 3.38. The topological polar surface area (TPSA) is 109 Å². The summed E-state index contributed by atoms with van der Waals surface area (Å²) >= 11 is 0. The lowest BCUT2D eigenvalue weighted by molar-refractivity contribution is -0.136. The average molecular weight is 633 g/mol. The molecule has 3 aliphatic rings. The number of carbonyl (C=O) groups is 1. The largest absolute Gasteiger partial charge is 0.493 e. The van der Waals surface area contributed by atoms with Gasteiger partial charge in [-0.3, -0.25) is 4.79 Å². The van der Waals surface area contributed by atoms with Crippen molar-refractivity contribution in [2.45, 2.75) is 84.8 Å². The summed E-state index contributed by atoms with van der Waals surface area (Å²) in [6.07, 6.45) is 3.10. The van der Waals surface area contributed by atoms with E-state index in [9.17, 15) is 9.90 Å². The molecule has 2 aromatic carbocycles. The van der Waals surface area contributed by atoms with Gasteiger partial charge < -0.3 is 24.6 Å². The highest BCUT2D eigenvalue weighted by atomic mass is 19.1. The van der Waals surface area contributed by atoms with Crippen LogP contribution in [0.4, 0.5) is 10.2 Å². The molecule has 46 heavy (non-hydrogen) atoms. The third kappa shape index (κ3) is 7.85. The summed E-state index contributed by atoms with van der Waals surface area (Å²) in [7, 11) is 0. The van der Waals surface area contributed by atoms with E-state index in [1.807, 2.05) is 50.2 Å². The maximum atomic E-state index is 15.4. The SMILES string of the molecule is CC(C)(C)O.Cc1cc(F)c2c(c1)OCCCCOC1(C)CCN(CC1)c1c(CC(=O)O)c(C)nc3cc(nn13)-c1cccc-2c1. The van der Waals surface area contributed by atoms with E-state index in [-0.39, 0.29) is 17.8 Å². The molecule has 5 heterocycles. The molecule has 2 aromatic heterocycles. The van der Waals surface area contributed by atoms with E-state index in [1.54, 1.807) is 25.3 Å². The maximum Gasteiger partial charge on any atom is 0.308 e. The molecule has 0 radical (unpaired) electrons. The summed E-state index contributed by atoms with van der Waals surface area (Å²) in [6, 6.07) is 12.9. The molecule has 0 unspecified atom stereocenters. The van der Waals surface area contributed by atoms with E-state index < -0.39 is 11.6 Å². The van der Waals surface area contributed by atoms with Crippen molar-refractivity contribution in [2.24, 2.45) is 0 Å². The van der Waals surface area contributed by atoms with Gasteiger partial charge in [-0.05, 0) is 96.6 Å². The van der Waals surface area contributed by atoms with Crippen molar-refractivity contribution in [1.82, 2.24) is 14.6 Å². The maximum absolute atomic E-state index is 15.4. The lowest BCUT2D eigenvalue weighted by Crippen LogP contribution is -2.45. The number of aryl methyl sites for hydroxylation is 2. The van der Waals surface area contributed by atoms with Crippen LogP contribution in [0.5, 0.6) is 5.75 Å². The first-order valence-corrected chi connectivity index (χ1v) is 16.0. The minimum absolute atomic E-state index is 0.144. The highest BCUT2D eigenvalue weighted by Gasteiger charge is 2.33. The number of aliphatic hydroxyl groups is 1. The molecule has 7 rings (SSSR count). The second-order valence-electron chi connectivity index (χ2n) is 13.6. The zero-order chi connectivity index (χ0) is 33.2. The Hall–Kier alpha value is -4.02. The van der Waals surface area contributed by atoms with Gasteiger partial charge in [0.15, 0.2) is 5.65 Å². The fourth-order valence-corrected chi connectivity index (χ4v) is 5.94. The van der Waals surface area contributed by atoms with Crippen LogP contribution in [0, 0.1) is 19.7 Å². The number of aliphatic carboxylic acids is 1. The van der Waals surface area contributed by atoms with E-state index in [2.05, 4.69) is 11.8 Å². The smallest absolute Gasteiger partial charge is 0.308 e. The number of halogens is 1. The van der Waals surface area contributed by atoms with Crippen LogP contribution >= 0.6 is 0 Å². The molecule has 3 aliphatic heterocycles. The molecule has 6 bridgehead atoms. The molecular weight excluding hydrogens is 587 g/mol. The van der Waals surface area contributed by atoms with Gasteiger partial charge in [-0.2, -0.15) is 9.61 Å². The van der Waals surface area contributed by atoms with Crippen molar-refractivity contribution in [3.63, 3.8) is 0 Å². The number of hydrogen-bond acceptors (Lipinski definition) is 7. The molecule has 4 aromatic rings. The number of fused-ring (bicyclic) bond motifs is 7. The van der Waals surface area contributed by atoms with Gasteiger partial charge in [0, 0.05) is 42.6 Å². The molecule has 0 aliphatic carbocycles. The van der Waals surface area contributed by atoms with E-state index in [1.165, 1.54) is 6.07 Å². The summed E-state index contributed by atoms with van der Waals surface area (Å²) in [5.41, 5.74) is 4.59. The Balaban J connectivity index is 0.000000775. The first kappa shape index (κ1) is 33.3. The molecule has 1 fully saturated rings. The summed E-state index contributed by atoms with van der Waals surface area (Å²) in [5.74, 6) is 0.0308. The molecule has 0 atom stereocenters. The van der Waals surface area contributed by atoms with Gasteiger partial charge in [0.05, 0.1) is 35.5 Å². The molecule has 1 saturated heterocycles. The Bertz CT molecular complexity index is 1710. The quantitative estimate of drug-likeness (QED) is 0.249. The normalized spacial score (nSPS) is 16.5. The Morgan fingerprint density at radius 1 is 1.04 bits per heavy atom. The predicted octanol–water partition coefficient (Wildman–Crippen LogP) is 6.77. The number of anilines is 1. The highest BCUT2D eigenvalue weighted by molar-refractivity contribution is 5.78. The predicted molar refractivity (Wildman–Crippen MR) is 177 cm³/mol. The number of aromatic nitrogens is 3. The van der Waals surface area contributed by atoms with E-state index in [0.717, 1.165) is 42.6 Å². The molecule has 9 nitrogen and oxygen atoms in total. The van der Waals surface area contributed by atoms with Crippen molar-refractivity contribution < 1.29 is 28.9 Å². The minimum atomic E-state index is -0.913. The number of ether oxygens (including phenoxy) is 2. The number of piperidine rings is 1. The highest BCUT2D eigenvalue weighted by Crippen LogP contribution is 2.37. The molecule has 0 saturated carbocycles. The molecule has 2 N–H and O–H groups in total. The van der Waals surface area contributed by atoms with Crippen LogP contribution in [0.3, 0.4) is 0 Å². The number of carboxylic acids is 1. The number of hydrogen-bond donors (Lipinski definition) is 2. The van der Waals surface area contributed by atoms with Crippen LogP contribution in [-0.4, -0.2) is 68.3 Å². The van der Waals surface area contributed by atoms with Gasteiger partial charge >= 0.3 is 5.97 Å².